The summed E-state index contributed by atoms with van der Waals surface area (Å²) in [5.74, 6) is 0.894. The van der Waals surface area contributed by atoms with E-state index in [9.17, 15) is 0 Å². The van der Waals surface area contributed by atoms with Crippen molar-refractivity contribution in [1.82, 2.24) is 0 Å². The van der Waals surface area contributed by atoms with Gasteiger partial charge in [0.15, 0.2) is 0 Å². The van der Waals surface area contributed by atoms with Crippen LogP contribution in [0.1, 0.15) is 51.9 Å². The molecule has 0 aliphatic heterocycles. The first-order valence-electron chi connectivity index (χ1n) is 6.58. The van der Waals surface area contributed by atoms with E-state index in [0.29, 0.717) is 12.1 Å². The first-order valence-corrected chi connectivity index (χ1v) is 6.58. The van der Waals surface area contributed by atoms with Crippen molar-refractivity contribution in [3.8, 4) is 0 Å². The fourth-order valence-corrected chi connectivity index (χ4v) is 1.77. The van der Waals surface area contributed by atoms with Crippen molar-refractivity contribution >= 4 is 5.71 Å². The minimum atomic E-state index is 0.652. The van der Waals surface area contributed by atoms with E-state index in [1.54, 1.807) is 6.08 Å². The van der Waals surface area contributed by atoms with Gasteiger partial charge in [0.05, 0.1) is 13.0 Å². The standard InChI is InChI=1S/C14H22N2O/c1-2-3-4-5-6-7-12-17-14-10-8-13(16-15)9-11-14/h8,10-11H,2-7,9,12H2,1H3. The van der Waals surface area contributed by atoms with Crippen molar-refractivity contribution in [3.05, 3.63) is 29.5 Å². The third-order valence-corrected chi connectivity index (χ3v) is 2.85. The Kier molecular flexibility index (Phi) is 7.08. The molecule has 0 aromatic heterocycles. The molecule has 0 N–H and O–H groups in total. The van der Waals surface area contributed by atoms with E-state index in [0.717, 1.165) is 18.8 Å². The summed E-state index contributed by atoms with van der Waals surface area (Å²) in [4.78, 5) is 3.15. The highest BCUT2D eigenvalue weighted by molar-refractivity contribution is 5.92. The van der Waals surface area contributed by atoms with Gasteiger partial charge >= 0.3 is 0 Å². The number of hydrogen-bond donors (Lipinski definition) is 0. The van der Waals surface area contributed by atoms with Crippen LogP contribution >= 0.6 is 0 Å². The Morgan fingerprint density at radius 3 is 2.59 bits per heavy atom. The van der Waals surface area contributed by atoms with Crippen molar-refractivity contribution in [3.63, 3.8) is 0 Å². The lowest BCUT2D eigenvalue weighted by Crippen LogP contribution is -2.02. The number of allylic oxidation sites excluding steroid dienone is 3. The van der Waals surface area contributed by atoms with E-state index in [1.807, 2.05) is 12.2 Å². The SMILES string of the molecule is CCCCCCCCOC1=CCC(=[N+]=[N-])C=C1. The van der Waals surface area contributed by atoms with Crippen LogP contribution in [0.4, 0.5) is 0 Å². The smallest absolute Gasteiger partial charge is 0.296 e. The van der Waals surface area contributed by atoms with Crippen molar-refractivity contribution < 1.29 is 9.53 Å². The van der Waals surface area contributed by atoms with Gasteiger partial charge in [-0.05, 0) is 18.6 Å². The zero-order chi connectivity index (χ0) is 12.3. The molecule has 3 heteroatoms. The maximum Gasteiger partial charge on any atom is 0.296 e. The van der Waals surface area contributed by atoms with Gasteiger partial charge in [-0.1, -0.05) is 39.0 Å². The summed E-state index contributed by atoms with van der Waals surface area (Å²) in [6.45, 7) is 3.02. The predicted molar refractivity (Wildman–Crippen MR) is 69.8 cm³/mol. The van der Waals surface area contributed by atoms with Crippen LogP contribution in [0.25, 0.3) is 5.53 Å². The Morgan fingerprint density at radius 2 is 1.94 bits per heavy atom. The van der Waals surface area contributed by atoms with Crippen LogP contribution in [0.15, 0.2) is 24.0 Å². The van der Waals surface area contributed by atoms with Crippen LogP contribution in [0.2, 0.25) is 0 Å². The van der Waals surface area contributed by atoms with Crippen molar-refractivity contribution in [1.29, 1.82) is 0 Å². The molecule has 0 bridgehead atoms. The Morgan fingerprint density at radius 1 is 1.18 bits per heavy atom. The number of nitrogens with zero attached hydrogens (tertiary/aromatic N) is 2. The molecular weight excluding hydrogens is 212 g/mol. The summed E-state index contributed by atoms with van der Waals surface area (Å²) in [6, 6.07) is 0. The molecule has 0 heterocycles. The second-order valence-electron chi connectivity index (χ2n) is 4.35. The predicted octanol–water partition coefficient (Wildman–Crippen LogP) is 3.88. The average molecular weight is 234 g/mol. The highest BCUT2D eigenvalue weighted by Gasteiger charge is 2.08. The Bertz CT molecular complexity index is 325. The summed E-state index contributed by atoms with van der Waals surface area (Å²) in [6.07, 6.45) is 13.9. The first kappa shape index (κ1) is 13.7. The summed E-state index contributed by atoms with van der Waals surface area (Å²) in [5.41, 5.74) is 9.24. The molecule has 0 spiro atoms. The number of unbranched alkanes of at least 4 members (excludes halogenated alkanes) is 5. The minimum absolute atomic E-state index is 0.652. The van der Waals surface area contributed by atoms with E-state index in [-0.39, 0.29) is 0 Å². The maximum absolute atomic E-state index is 8.56. The first-order chi connectivity index (χ1) is 8.36. The second kappa shape index (κ2) is 8.77. The molecule has 0 aromatic carbocycles. The van der Waals surface area contributed by atoms with Crippen molar-refractivity contribution in [2.45, 2.75) is 51.9 Å². The molecule has 17 heavy (non-hydrogen) atoms. The Labute approximate surface area is 104 Å². The molecule has 0 saturated carbocycles. The van der Waals surface area contributed by atoms with Gasteiger partial charge in [-0.3, -0.25) is 0 Å². The lowest BCUT2D eigenvalue weighted by Gasteiger charge is -2.08. The molecule has 0 saturated heterocycles. The summed E-state index contributed by atoms with van der Waals surface area (Å²) in [5, 5.41) is 0. The number of ether oxygens (including phenoxy) is 1. The lowest BCUT2D eigenvalue weighted by molar-refractivity contribution is -0.00558. The van der Waals surface area contributed by atoms with E-state index in [4.69, 9.17) is 10.3 Å². The molecule has 0 aromatic rings. The van der Waals surface area contributed by atoms with Crippen LogP contribution in [0.5, 0.6) is 0 Å². The normalized spacial score (nSPS) is 14.4. The lowest BCUT2D eigenvalue weighted by atomic mass is 10.1. The second-order valence-corrected chi connectivity index (χ2v) is 4.35. The molecule has 1 aliphatic carbocycles. The van der Waals surface area contributed by atoms with Gasteiger partial charge in [0.1, 0.15) is 5.76 Å². The third kappa shape index (κ3) is 6.08. The van der Waals surface area contributed by atoms with Crippen LogP contribution in [-0.2, 0) is 4.74 Å². The Balaban J connectivity index is 2.02. The largest absolute Gasteiger partial charge is 0.494 e. The van der Waals surface area contributed by atoms with Crippen LogP contribution in [0, 0.1) is 0 Å². The zero-order valence-electron chi connectivity index (χ0n) is 10.7. The van der Waals surface area contributed by atoms with Gasteiger partial charge in [-0.25, -0.2) is 0 Å². The summed E-state index contributed by atoms with van der Waals surface area (Å²) < 4.78 is 5.62. The quantitative estimate of drug-likeness (QED) is 0.357. The average Bonchev–Trinajstić information content (AvgIpc) is 2.38. The zero-order valence-corrected chi connectivity index (χ0v) is 10.7. The van der Waals surface area contributed by atoms with Gasteiger partial charge in [0, 0.05) is 6.08 Å². The molecule has 0 unspecified atom stereocenters. The monoisotopic (exact) mass is 234 g/mol. The molecule has 0 radical (unpaired) electrons. The van der Waals surface area contributed by atoms with Crippen LogP contribution in [0.3, 0.4) is 0 Å². The molecular formula is C14H22N2O. The van der Waals surface area contributed by atoms with E-state index in [2.05, 4.69) is 11.7 Å². The van der Waals surface area contributed by atoms with Gasteiger partial charge in [0.2, 0.25) is 0 Å². The highest BCUT2D eigenvalue weighted by Crippen LogP contribution is 2.10. The van der Waals surface area contributed by atoms with Gasteiger partial charge in [-0.2, -0.15) is 4.79 Å². The fourth-order valence-electron chi connectivity index (χ4n) is 1.77. The van der Waals surface area contributed by atoms with E-state index >= 15 is 0 Å². The molecule has 0 fully saturated rings. The molecule has 0 amide bonds. The van der Waals surface area contributed by atoms with E-state index < -0.39 is 0 Å². The topological polar surface area (TPSA) is 45.6 Å². The number of hydrogen-bond acceptors (Lipinski definition) is 1. The maximum atomic E-state index is 8.56. The van der Waals surface area contributed by atoms with Crippen molar-refractivity contribution in [2.75, 3.05) is 6.61 Å². The number of rotatable bonds is 8. The van der Waals surface area contributed by atoms with Gasteiger partial charge in [-0.15, -0.1) is 0 Å². The van der Waals surface area contributed by atoms with Crippen molar-refractivity contribution in [2.24, 2.45) is 0 Å². The highest BCUT2D eigenvalue weighted by atomic mass is 16.5. The Hall–Kier alpha value is -1.34. The molecule has 1 rings (SSSR count). The van der Waals surface area contributed by atoms with Gasteiger partial charge in [0.25, 0.3) is 5.71 Å². The third-order valence-electron chi connectivity index (χ3n) is 2.85. The van der Waals surface area contributed by atoms with Gasteiger partial charge < -0.3 is 10.3 Å². The fraction of sp³-hybridized carbons (Fsp3) is 0.643. The minimum Gasteiger partial charge on any atom is -0.494 e. The molecule has 3 nitrogen and oxygen atoms in total. The summed E-state index contributed by atoms with van der Waals surface area (Å²) >= 11 is 0. The van der Waals surface area contributed by atoms with Crippen LogP contribution < -0.4 is 0 Å². The molecule has 1 aliphatic rings. The molecule has 94 valence electrons. The van der Waals surface area contributed by atoms with E-state index in [1.165, 1.54) is 32.1 Å². The van der Waals surface area contributed by atoms with Crippen LogP contribution in [-0.4, -0.2) is 17.1 Å². The molecule has 0 atom stereocenters. The summed E-state index contributed by atoms with van der Waals surface area (Å²) in [7, 11) is 0.